The Balaban J connectivity index is 1.50. The Hall–Kier alpha value is -3.13. The van der Waals surface area contributed by atoms with E-state index >= 15 is 0 Å². The first-order valence-electron chi connectivity index (χ1n) is 9.23. The van der Waals surface area contributed by atoms with E-state index in [9.17, 15) is 4.79 Å². The SMILES string of the molecule is Cc1cnc(-c2nc(-c3ccc(C(=O)N4CCN(C)CC4)nc3)no2)cc1C. The van der Waals surface area contributed by atoms with Crippen LogP contribution in [0.3, 0.4) is 0 Å². The summed E-state index contributed by atoms with van der Waals surface area (Å²) in [6, 6.07) is 5.42. The zero-order valence-corrected chi connectivity index (χ0v) is 16.2. The number of aryl methyl sites for hydroxylation is 2. The molecule has 0 atom stereocenters. The monoisotopic (exact) mass is 378 g/mol. The molecule has 8 heteroatoms. The highest BCUT2D eigenvalue weighted by Gasteiger charge is 2.21. The fraction of sp³-hybridized carbons (Fsp3) is 0.350. The van der Waals surface area contributed by atoms with Crippen LogP contribution in [-0.4, -0.2) is 69.0 Å². The zero-order chi connectivity index (χ0) is 19.7. The Labute approximate surface area is 163 Å². The molecule has 1 fully saturated rings. The van der Waals surface area contributed by atoms with Gasteiger partial charge in [0.2, 0.25) is 5.82 Å². The van der Waals surface area contributed by atoms with E-state index in [2.05, 4.69) is 32.1 Å². The maximum absolute atomic E-state index is 12.6. The summed E-state index contributed by atoms with van der Waals surface area (Å²) in [5.74, 6) is 0.726. The molecule has 0 unspecified atom stereocenters. The number of hydrogen-bond acceptors (Lipinski definition) is 7. The molecule has 144 valence electrons. The summed E-state index contributed by atoms with van der Waals surface area (Å²) in [5.41, 5.74) is 3.96. The van der Waals surface area contributed by atoms with Crippen molar-refractivity contribution in [2.24, 2.45) is 0 Å². The lowest BCUT2D eigenvalue weighted by Crippen LogP contribution is -2.47. The fourth-order valence-corrected chi connectivity index (χ4v) is 3.01. The molecule has 0 spiro atoms. The standard InChI is InChI=1S/C20H22N6O2/c1-13-10-17(21-11-14(13)2)19-23-18(24-28-19)15-4-5-16(22-12-15)20(27)26-8-6-25(3)7-9-26/h4-5,10-12H,6-9H2,1-3H3. The number of amides is 1. The van der Waals surface area contributed by atoms with Crippen LogP contribution >= 0.6 is 0 Å². The van der Waals surface area contributed by atoms with E-state index in [1.54, 1.807) is 24.5 Å². The molecule has 28 heavy (non-hydrogen) atoms. The molecular weight excluding hydrogens is 356 g/mol. The highest BCUT2D eigenvalue weighted by atomic mass is 16.5. The molecule has 0 bridgehead atoms. The average Bonchev–Trinajstić information content (AvgIpc) is 3.20. The first kappa shape index (κ1) is 18.2. The maximum atomic E-state index is 12.6. The average molecular weight is 378 g/mol. The third-order valence-corrected chi connectivity index (χ3v) is 5.05. The molecule has 1 aliphatic rings. The second-order valence-corrected chi connectivity index (χ2v) is 7.10. The normalized spacial score (nSPS) is 15.0. The van der Waals surface area contributed by atoms with Gasteiger partial charge in [-0.05, 0) is 50.2 Å². The fourth-order valence-electron chi connectivity index (χ4n) is 3.01. The molecule has 4 heterocycles. The number of aromatic nitrogens is 4. The Morgan fingerprint density at radius 2 is 1.82 bits per heavy atom. The van der Waals surface area contributed by atoms with Crippen LogP contribution in [0.25, 0.3) is 23.0 Å². The first-order chi connectivity index (χ1) is 13.5. The van der Waals surface area contributed by atoms with E-state index in [0.29, 0.717) is 28.7 Å². The second-order valence-electron chi connectivity index (χ2n) is 7.10. The molecule has 1 saturated heterocycles. The van der Waals surface area contributed by atoms with E-state index in [1.165, 1.54) is 0 Å². The van der Waals surface area contributed by atoms with Crippen molar-refractivity contribution in [3.05, 3.63) is 47.4 Å². The zero-order valence-electron chi connectivity index (χ0n) is 16.2. The predicted octanol–water partition coefficient (Wildman–Crippen LogP) is 2.20. The summed E-state index contributed by atoms with van der Waals surface area (Å²) in [6.45, 7) is 7.20. The van der Waals surface area contributed by atoms with Gasteiger partial charge in [-0.2, -0.15) is 4.98 Å². The highest BCUT2D eigenvalue weighted by molar-refractivity contribution is 5.92. The van der Waals surface area contributed by atoms with Gasteiger partial charge in [-0.25, -0.2) is 0 Å². The quantitative estimate of drug-likeness (QED) is 0.690. The summed E-state index contributed by atoms with van der Waals surface area (Å²) in [5, 5.41) is 4.02. The number of rotatable bonds is 3. The van der Waals surface area contributed by atoms with Crippen molar-refractivity contribution in [2.45, 2.75) is 13.8 Å². The second kappa shape index (κ2) is 7.47. The molecule has 0 aliphatic carbocycles. The Bertz CT molecular complexity index is 990. The Morgan fingerprint density at radius 1 is 1.04 bits per heavy atom. The maximum Gasteiger partial charge on any atom is 0.276 e. The molecule has 0 aromatic carbocycles. The van der Waals surface area contributed by atoms with Crippen molar-refractivity contribution >= 4 is 5.91 Å². The topological polar surface area (TPSA) is 88.3 Å². The lowest BCUT2D eigenvalue weighted by atomic mass is 10.1. The molecule has 8 nitrogen and oxygen atoms in total. The van der Waals surface area contributed by atoms with Crippen LogP contribution in [0, 0.1) is 13.8 Å². The van der Waals surface area contributed by atoms with Crippen molar-refractivity contribution in [2.75, 3.05) is 33.2 Å². The van der Waals surface area contributed by atoms with E-state index in [-0.39, 0.29) is 5.91 Å². The van der Waals surface area contributed by atoms with Crippen LogP contribution in [0.1, 0.15) is 21.6 Å². The minimum Gasteiger partial charge on any atom is -0.335 e. The van der Waals surface area contributed by atoms with E-state index < -0.39 is 0 Å². The molecule has 0 saturated carbocycles. The number of likely N-dealkylation sites (N-methyl/N-ethyl adjacent to an activating group) is 1. The summed E-state index contributed by atoms with van der Waals surface area (Å²) >= 11 is 0. The predicted molar refractivity (Wildman–Crippen MR) is 104 cm³/mol. The molecule has 1 aliphatic heterocycles. The third-order valence-electron chi connectivity index (χ3n) is 5.05. The van der Waals surface area contributed by atoms with Gasteiger partial charge in [0.15, 0.2) is 0 Å². The van der Waals surface area contributed by atoms with Gasteiger partial charge in [-0.15, -0.1) is 0 Å². The Morgan fingerprint density at radius 3 is 2.50 bits per heavy atom. The minimum atomic E-state index is -0.0484. The van der Waals surface area contributed by atoms with Gasteiger partial charge in [0.1, 0.15) is 11.4 Å². The molecule has 4 rings (SSSR count). The Kier molecular flexibility index (Phi) is 4.87. The lowest BCUT2D eigenvalue weighted by Gasteiger charge is -2.32. The van der Waals surface area contributed by atoms with Crippen molar-refractivity contribution in [3.63, 3.8) is 0 Å². The van der Waals surface area contributed by atoms with Crippen molar-refractivity contribution in [1.29, 1.82) is 0 Å². The van der Waals surface area contributed by atoms with E-state index in [4.69, 9.17) is 4.52 Å². The third kappa shape index (κ3) is 3.63. The molecule has 3 aromatic heterocycles. The van der Waals surface area contributed by atoms with Gasteiger partial charge in [0.05, 0.1) is 0 Å². The van der Waals surface area contributed by atoms with Crippen molar-refractivity contribution in [1.82, 2.24) is 29.9 Å². The summed E-state index contributed by atoms with van der Waals surface area (Å²) in [4.78, 5) is 29.7. The van der Waals surface area contributed by atoms with Gasteiger partial charge in [-0.1, -0.05) is 5.16 Å². The molecule has 1 amide bonds. The smallest absolute Gasteiger partial charge is 0.276 e. The number of hydrogen-bond donors (Lipinski definition) is 0. The number of pyridine rings is 2. The van der Waals surface area contributed by atoms with Crippen LogP contribution in [0.15, 0.2) is 35.1 Å². The number of carbonyl (C=O) groups excluding carboxylic acids is 1. The summed E-state index contributed by atoms with van der Waals surface area (Å²) in [7, 11) is 2.06. The van der Waals surface area contributed by atoms with Gasteiger partial charge >= 0.3 is 0 Å². The highest BCUT2D eigenvalue weighted by Crippen LogP contribution is 2.22. The number of piperazine rings is 1. The molecule has 0 radical (unpaired) electrons. The number of nitrogens with zero attached hydrogens (tertiary/aromatic N) is 6. The molecule has 3 aromatic rings. The van der Waals surface area contributed by atoms with Crippen molar-refractivity contribution in [3.8, 4) is 23.0 Å². The van der Waals surface area contributed by atoms with Crippen LogP contribution in [0.4, 0.5) is 0 Å². The minimum absolute atomic E-state index is 0.0484. The van der Waals surface area contributed by atoms with Crippen LogP contribution in [0.5, 0.6) is 0 Å². The molecule has 0 N–H and O–H groups in total. The number of carbonyl (C=O) groups is 1. The summed E-state index contributed by atoms with van der Waals surface area (Å²) < 4.78 is 5.35. The van der Waals surface area contributed by atoms with E-state index in [1.807, 2.05) is 24.8 Å². The largest absolute Gasteiger partial charge is 0.335 e. The van der Waals surface area contributed by atoms with Gasteiger partial charge in [0.25, 0.3) is 11.8 Å². The first-order valence-corrected chi connectivity index (χ1v) is 9.23. The van der Waals surface area contributed by atoms with Crippen LogP contribution < -0.4 is 0 Å². The van der Waals surface area contributed by atoms with Gasteiger partial charge in [-0.3, -0.25) is 14.8 Å². The molecular formula is C20H22N6O2. The lowest BCUT2D eigenvalue weighted by molar-refractivity contribution is 0.0658. The van der Waals surface area contributed by atoms with Crippen molar-refractivity contribution < 1.29 is 9.32 Å². The summed E-state index contributed by atoms with van der Waals surface area (Å²) in [6.07, 6.45) is 3.39. The van der Waals surface area contributed by atoms with E-state index in [0.717, 1.165) is 37.3 Å². The van der Waals surface area contributed by atoms with Gasteiger partial charge in [0, 0.05) is 44.1 Å². The van der Waals surface area contributed by atoms with Crippen LogP contribution in [-0.2, 0) is 0 Å². The van der Waals surface area contributed by atoms with Gasteiger partial charge < -0.3 is 14.3 Å². The van der Waals surface area contributed by atoms with Crippen LogP contribution in [0.2, 0.25) is 0 Å².